The van der Waals surface area contributed by atoms with E-state index in [1.807, 2.05) is 0 Å². The number of carbonyl (C=O) groups is 1. The predicted molar refractivity (Wildman–Crippen MR) is 65.7 cm³/mol. The minimum atomic E-state index is -4.93. The van der Waals surface area contributed by atoms with Crippen molar-refractivity contribution < 1.29 is 32.2 Å². The lowest BCUT2D eigenvalue weighted by Crippen LogP contribution is -2.21. The van der Waals surface area contributed by atoms with Crippen molar-refractivity contribution >= 4 is 5.97 Å². The Morgan fingerprint density at radius 1 is 1.43 bits per heavy atom. The van der Waals surface area contributed by atoms with Gasteiger partial charge in [0.2, 0.25) is 5.88 Å². The molecule has 21 heavy (non-hydrogen) atoms. The number of nitrogens with two attached hydrogens (primary N) is 1. The number of esters is 1. The maximum Gasteiger partial charge on any atom is 0.574 e. The van der Waals surface area contributed by atoms with Crippen LogP contribution in [0.3, 0.4) is 0 Å². The Hall–Kier alpha value is -2.03. The lowest BCUT2D eigenvalue weighted by Gasteiger charge is -2.15. The van der Waals surface area contributed by atoms with E-state index < -0.39 is 18.2 Å². The zero-order valence-electron chi connectivity index (χ0n) is 11.5. The number of hydrogen-bond acceptors (Lipinski definition) is 6. The molecular weight excluding hydrogens is 293 g/mol. The highest BCUT2D eigenvalue weighted by Gasteiger charge is 2.33. The molecule has 0 saturated heterocycles. The van der Waals surface area contributed by atoms with E-state index in [4.69, 9.17) is 15.2 Å². The van der Waals surface area contributed by atoms with Crippen LogP contribution in [-0.4, -0.2) is 31.0 Å². The third kappa shape index (κ3) is 5.10. The van der Waals surface area contributed by atoms with E-state index in [0.29, 0.717) is 0 Å². The van der Waals surface area contributed by atoms with Crippen LogP contribution in [0.1, 0.15) is 18.2 Å². The number of alkyl halides is 3. The van der Waals surface area contributed by atoms with Crippen LogP contribution < -0.4 is 15.2 Å². The first kappa shape index (κ1) is 17.0. The number of ether oxygens (including phenoxy) is 3. The molecule has 0 aliphatic carbocycles. The maximum atomic E-state index is 12.4. The van der Waals surface area contributed by atoms with Gasteiger partial charge in [-0.3, -0.25) is 4.79 Å². The molecule has 0 radical (unpaired) electrons. The summed E-state index contributed by atoms with van der Waals surface area (Å²) in [5.74, 6) is -1.29. The molecular formula is C12H15F3N2O4. The first-order chi connectivity index (χ1) is 9.80. The quantitative estimate of drug-likeness (QED) is 0.803. The molecule has 0 spiro atoms. The number of halogens is 3. The van der Waals surface area contributed by atoms with E-state index in [1.165, 1.54) is 13.2 Å². The van der Waals surface area contributed by atoms with Gasteiger partial charge in [0.15, 0.2) is 0 Å². The summed E-state index contributed by atoms with van der Waals surface area (Å²) in [4.78, 5) is 15.0. The molecule has 0 amide bonds. The third-order valence-corrected chi connectivity index (χ3v) is 2.37. The Morgan fingerprint density at radius 3 is 2.57 bits per heavy atom. The summed E-state index contributed by atoms with van der Waals surface area (Å²) in [7, 11) is 1.26. The largest absolute Gasteiger partial charge is 0.574 e. The number of methoxy groups -OCH3 is 1. The fraction of sp³-hybridized carbons (Fsp3) is 0.500. The second kappa shape index (κ2) is 7.11. The highest BCUT2D eigenvalue weighted by Crippen LogP contribution is 2.31. The van der Waals surface area contributed by atoms with Crippen LogP contribution in [0, 0.1) is 0 Å². The summed E-state index contributed by atoms with van der Waals surface area (Å²) >= 11 is 0. The smallest absolute Gasteiger partial charge is 0.496 e. The van der Waals surface area contributed by atoms with Crippen LogP contribution in [0.4, 0.5) is 13.2 Å². The number of carbonyl (C=O) groups excluding carboxylic acids is 1. The van der Waals surface area contributed by atoms with E-state index in [1.54, 1.807) is 6.92 Å². The second-order valence-corrected chi connectivity index (χ2v) is 3.83. The van der Waals surface area contributed by atoms with Crippen molar-refractivity contribution in [1.29, 1.82) is 0 Å². The fourth-order valence-corrected chi connectivity index (χ4v) is 1.59. The normalized spacial score (nSPS) is 11.1. The van der Waals surface area contributed by atoms with Crippen LogP contribution in [0.15, 0.2) is 6.07 Å². The van der Waals surface area contributed by atoms with Crippen molar-refractivity contribution in [2.75, 3.05) is 13.7 Å². The average Bonchev–Trinajstić information content (AvgIpc) is 2.36. The number of nitrogens with zero attached hydrogens (tertiary/aromatic N) is 1. The summed E-state index contributed by atoms with van der Waals surface area (Å²) in [6.45, 7) is 1.51. The van der Waals surface area contributed by atoms with Gasteiger partial charge in [0.25, 0.3) is 0 Å². The summed E-state index contributed by atoms with van der Waals surface area (Å²) in [5, 5.41) is 0. The van der Waals surface area contributed by atoms with Crippen molar-refractivity contribution in [3.05, 3.63) is 17.3 Å². The molecule has 9 heteroatoms. The molecule has 0 bridgehead atoms. The Morgan fingerprint density at radius 2 is 2.10 bits per heavy atom. The number of hydrogen-bond donors (Lipinski definition) is 1. The monoisotopic (exact) mass is 308 g/mol. The summed E-state index contributed by atoms with van der Waals surface area (Å²) in [5.41, 5.74) is 5.38. The van der Waals surface area contributed by atoms with E-state index in [0.717, 1.165) is 0 Å². The van der Waals surface area contributed by atoms with Gasteiger partial charge in [0, 0.05) is 12.6 Å². The van der Waals surface area contributed by atoms with E-state index >= 15 is 0 Å². The molecule has 118 valence electrons. The first-order valence-electron chi connectivity index (χ1n) is 5.99. The minimum absolute atomic E-state index is 0.0294. The highest BCUT2D eigenvalue weighted by atomic mass is 19.4. The van der Waals surface area contributed by atoms with Crippen LogP contribution in [0.25, 0.3) is 0 Å². The van der Waals surface area contributed by atoms with Gasteiger partial charge in [-0.2, -0.15) is 0 Å². The summed E-state index contributed by atoms with van der Waals surface area (Å²) in [6, 6.07) is 1.32. The third-order valence-electron chi connectivity index (χ3n) is 2.37. The molecule has 0 aliphatic heterocycles. The molecule has 0 atom stereocenters. The lowest BCUT2D eigenvalue weighted by molar-refractivity contribution is -0.276. The molecule has 6 nitrogen and oxygen atoms in total. The lowest BCUT2D eigenvalue weighted by atomic mass is 10.2. The van der Waals surface area contributed by atoms with Crippen molar-refractivity contribution in [2.45, 2.75) is 26.3 Å². The SMILES string of the molecule is CCOC(=O)Cc1cc(OC)c(CN)c(OC(F)(F)F)n1. The molecule has 0 unspecified atom stereocenters. The van der Waals surface area contributed by atoms with Crippen molar-refractivity contribution in [2.24, 2.45) is 5.73 Å². The molecule has 1 aromatic rings. The Balaban J connectivity index is 3.16. The standard InChI is InChI=1S/C12H15F3N2O4/c1-3-20-10(18)5-7-4-9(19-2)8(6-16)11(17-7)21-12(13,14)15/h4H,3,5-6,16H2,1-2H3. The summed E-state index contributed by atoms with van der Waals surface area (Å²) < 4.78 is 50.6. The maximum absolute atomic E-state index is 12.4. The van der Waals surface area contributed by atoms with Crippen LogP contribution in [-0.2, 0) is 22.5 Å². The Bertz CT molecular complexity index is 506. The summed E-state index contributed by atoms with van der Waals surface area (Å²) in [6.07, 6.45) is -5.23. The van der Waals surface area contributed by atoms with Gasteiger partial charge in [-0.1, -0.05) is 0 Å². The van der Waals surface area contributed by atoms with Crippen molar-refractivity contribution in [1.82, 2.24) is 4.98 Å². The van der Waals surface area contributed by atoms with Crippen LogP contribution in [0.5, 0.6) is 11.6 Å². The molecule has 0 saturated carbocycles. The highest BCUT2D eigenvalue weighted by molar-refractivity contribution is 5.72. The van der Waals surface area contributed by atoms with Gasteiger partial charge >= 0.3 is 12.3 Å². The zero-order chi connectivity index (χ0) is 16.0. The Labute approximate surface area is 119 Å². The van der Waals surface area contributed by atoms with Crippen LogP contribution >= 0.6 is 0 Å². The minimum Gasteiger partial charge on any atom is -0.496 e. The zero-order valence-corrected chi connectivity index (χ0v) is 11.5. The molecule has 0 aliphatic rings. The van der Waals surface area contributed by atoms with Gasteiger partial charge in [-0.15, -0.1) is 13.2 Å². The van der Waals surface area contributed by atoms with Crippen molar-refractivity contribution in [3.8, 4) is 11.6 Å². The number of rotatable bonds is 6. The first-order valence-corrected chi connectivity index (χ1v) is 5.99. The topological polar surface area (TPSA) is 83.7 Å². The Kier molecular flexibility index (Phi) is 5.77. The molecule has 2 N–H and O–H groups in total. The average molecular weight is 308 g/mol. The molecule has 1 rings (SSSR count). The number of pyridine rings is 1. The predicted octanol–water partition coefficient (Wildman–Crippen LogP) is 1.55. The van der Waals surface area contributed by atoms with Gasteiger partial charge in [-0.25, -0.2) is 4.98 Å². The number of aromatic nitrogens is 1. The molecule has 0 fully saturated rings. The van der Waals surface area contributed by atoms with Crippen LogP contribution in [0.2, 0.25) is 0 Å². The molecule has 1 heterocycles. The van der Waals surface area contributed by atoms with Gasteiger partial charge in [0.05, 0.1) is 31.4 Å². The molecule has 0 aromatic carbocycles. The van der Waals surface area contributed by atoms with Gasteiger partial charge in [0.1, 0.15) is 5.75 Å². The molecule has 1 aromatic heterocycles. The van der Waals surface area contributed by atoms with Gasteiger partial charge < -0.3 is 19.9 Å². The second-order valence-electron chi connectivity index (χ2n) is 3.83. The van der Waals surface area contributed by atoms with E-state index in [2.05, 4.69) is 9.72 Å². The van der Waals surface area contributed by atoms with E-state index in [9.17, 15) is 18.0 Å². The van der Waals surface area contributed by atoms with E-state index in [-0.39, 0.29) is 36.6 Å². The van der Waals surface area contributed by atoms with Gasteiger partial charge in [-0.05, 0) is 6.92 Å². The van der Waals surface area contributed by atoms with Crippen molar-refractivity contribution in [3.63, 3.8) is 0 Å². The fourth-order valence-electron chi connectivity index (χ4n) is 1.59.